The lowest BCUT2D eigenvalue weighted by Gasteiger charge is -2.31. The quantitative estimate of drug-likeness (QED) is 0.766. The lowest BCUT2D eigenvalue weighted by atomic mass is 9.89. The fourth-order valence-corrected chi connectivity index (χ4v) is 2.28. The molecule has 1 aromatic carbocycles. The summed E-state index contributed by atoms with van der Waals surface area (Å²) in [5.41, 5.74) is 0.501. The van der Waals surface area contributed by atoms with Crippen LogP contribution in [-0.2, 0) is 4.79 Å². The van der Waals surface area contributed by atoms with E-state index in [0.717, 1.165) is 4.47 Å². The van der Waals surface area contributed by atoms with Gasteiger partial charge in [0, 0.05) is 16.1 Å². The number of nitrogens with one attached hydrogen (secondary N) is 2. The second kappa shape index (κ2) is 6.16. The standard InChI is InChI=1S/C13H15BrN2O3/c14-9-3-1-2-8(4-9)13(19)15-7-12(18)16-10-5-11(17)6-10/h1-4,10-11,17H,5-7H2,(H,15,19)(H,16,18). The third kappa shape index (κ3) is 4.04. The molecule has 0 aromatic heterocycles. The zero-order chi connectivity index (χ0) is 13.8. The molecule has 102 valence electrons. The third-order valence-electron chi connectivity index (χ3n) is 2.97. The monoisotopic (exact) mass is 326 g/mol. The van der Waals surface area contributed by atoms with Gasteiger partial charge in [-0.3, -0.25) is 9.59 Å². The van der Waals surface area contributed by atoms with Gasteiger partial charge in [-0.05, 0) is 31.0 Å². The van der Waals surface area contributed by atoms with Gasteiger partial charge in [0.2, 0.25) is 5.91 Å². The number of hydrogen-bond donors (Lipinski definition) is 3. The average molecular weight is 327 g/mol. The molecule has 1 fully saturated rings. The van der Waals surface area contributed by atoms with Crippen LogP contribution in [0.5, 0.6) is 0 Å². The summed E-state index contributed by atoms with van der Waals surface area (Å²) >= 11 is 3.28. The minimum atomic E-state index is -0.304. The maximum Gasteiger partial charge on any atom is 0.251 e. The molecule has 0 heterocycles. The largest absolute Gasteiger partial charge is 0.393 e. The molecule has 0 radical (unpaired) electrons. The lowest BCUT2D eigenvalue weighted by molar-refractivity contribution is -0.122. The Bertz CT molecular complexity index is 487. The van der Waals surface area contributed by atoms with Gasteiger partial charge in [-0.15, -0.1) is 0 Å². The third-order valence-corrected chi connectivity index (χ3v) is 3.47. The Hall–Kier alpha value is -1.40. The molecular formula is C13H15BrN2O3. The molecule has 0 saturated heterocycles. The van der Waals surface area contributed by atoms with E-state index in [0.29, 0.717) is 18.4 Å². The molecule has 0 aliphatic heterocycles. The number of halogens is 1. The first-order valence-corrected chi connectivity index (χ1v) is 6.85. The highest BCUT2D eigenvalue weighted by molar-refractivity contribution is 9.10. The Morgan fingerprint density at radius 1 is 1.37 bits per heavy atom. The molecule has 3 N–H and O–H groups in total. The molecule has 0 bridgehead atoms. The SMILES string of the molecule is O=C(CNC(=O)c1cccc(Br)c1)NC1CC(O)C1. The lowest BCUT2D eigenvalue weighted by Crippen LogP contribution is -2.49. The molecule has 19 heavy (non-hydrogen) atoms. The van der Waals surface area contributed by atoms with Crippen molar-refractivity contribution in [1.82, 2.24) is 10.6 Å². The van der Waals surface area contributed by atoms with E-state index in [1.807, 2.05) is 6.07 Å². The molecule has 0 atom stereocenters. The summed E-state index contributed by atoms with van der Waals surface area (Å²) in [6, 6.07) is 6.99. The smallest absolute Gasteiger partial charge is 0.251 e. The van der Waals surface area contributed by atoms with E-state index in [4.69, 9.17) is 5.11 Å². The van der Waals surface area contributed by atoms with Crippen LogP contribution in [0.2, 0.25) is 0 Å². The average Bonchev–Trinajstić information content (AvgIpc) is 2.34. The van der Waals surface area contributed by atoms with E-state index in [1.54, 1.807) is 18.2 Å². The number of rotatable bonds is 4. The topological polar surface area (TPSA) is 78.4 Å². The number of aliphatic hydroxyl groups is 1. The first kappa shape index (κ1) is 14.0. The van der Waals surface area contributed by atoms with Crippen LogP contribution in [0.3, 0.4) is 0 Å². The minimum absolute atomic E-state index is 0.0327. The number of carbonyl (C=O) groups is 2. The van der Waals surface area contributed by atoms with Crippen molar-refractivity contribution < 1.29 is 14.7 Å². The number of aliphatic hydroxyl groups excluding tert-OH is 1. The summed E-state index contributed by atoms with van der Waals surface area (Å²) in [5, 5.41) is 14.4. The predicted octanol–water partition coefficient (Wildman–Crippen LogP) is 0.818. The number of hydrogen-bond acceptors (Lipinski definition) is 3. The fraction of sp³-hybridized carbons (Fsp3) is 0.385. The molecule has 1 saturated carbocycles. The highest BCUT2D eigenvalue weighted by Gasteiger charge is 2.28. The number of benzene rings is 1. The maximum atomic E-state index is 11.8. The minimum Gasteiger partial charge on any atom is -0.393 e. The van der Waals surface area contributed by atoms with Crippen molar-refractivity contribution in [3.05, 3.63) is 34.3 Å². The maximum absolute atomic E-state index is 11.8. The first-order valence-electron chi connectivity index (χ1n) is 6.06. The van der Waals surface area contributed by atoms with Gasteiger partial charge < -0.3 is 15.7 Å². The van der Waals surface area contributed by atoms with Gasteiger partial charge in [0.1, 0.15) is 0 Å². The van der Waals surface area contributed by atoms with Gasteiger partial charge in [-0.2, -0.15) is 0 Å². The highest BCUT2D eigenvalue weighted by atomic mass is 79.9. The van der Waals surface area contributed by atoms with Gasteiger partial charge in [0.15, 0.2) is 0 Å². The molecule has 1 aromatic rings. The predicted molar refractivity (Wildman–Crippen MR) is 73.6 cm³/mol. The van der Waals surface area contributed by atoms with Crippen molar-refractivity contribution in [2.45, 2.75) is 25.0 Å². The summed E-state index contributed by atoms with van der Waals surface area (Å²) in [5.74, 6) is -0.523. The van der Waals surface area contributed by atoms with Crippen LogP contribution in [-0.4, -0.2) is 35.6 Å². The van der Waals surface area contributed by atoms with E-state index < -0.39 is 0 Å². The van der Waals surface area contributed by atoms with E-state index in [-0.39, 0.29) is 30.5 Å². The second-order valence-electron chi connectivity index (χ2n) is 4.58. The fourth-order valence-electron chi connectivity index (χ4n) is 1.88. The van der Waals surface area contributed by atoms with Crippen molar-refractivity contribution in [2.75, 3.05) is 6.54 Å². The van der Waals surface area contributed by atoms with Crippen LogP contribution < -0.4 is 10.6 Å². The van der Waals surface area contributed by atoms with Crippen LogP contribution in [0.15, 0.2) is 28.7 Å². The summed E-state index contributed by atoms with van der Waals surface area (Å²) in [6.45, 7) is -0.0576. The zero-order valence-corrected chi connectivity index (χ0v) is 11.8. The van der Waals surface area contributed by atoms with E-state index in [1.165, 1.54) is 0 Å². The van der Waals surface area contributed by atoms with Crippen molar-refractivity contribution in [1.29, 1.82) is 0 Å². The van der Waals surface area contributed by atoms with Gasteiger partial charge in [0.25, 0.3) is 5.91 Å². The summed E-state index contributed by atoms with van der Waals surface area (Å²) in [4.78, 5) is 23.3. The van der Waals surface area contributed by atoms with E-state index >= 15 is 0 Å². The Labute approximate surface area is 119 Å². The highest BCUT2D eigenvalue weighted by Crippen LogP contribution is 2.18. The molecule has 2 amide bonds. The Kier molecular flexibility index (Phi) is 4.55. The first-order chi connectivity index (χ1) is 9.04. The molecule has 6 heteroatoms. The Balaban J connectivity index is 1.75. The van der Waals surface area contributed by atoms with Crippen LogP contribution >= 0.6 is 15.9 Å². The van der Waals surface area contributed by atoms with Crippen molar-refractivity contribution in [3.63, 3.8) is 0 Å². The molecule has 2 rings (SSSR count). The molecule has 5 nitrogen and oxygen atoms in total. The molecule has 1 aliphatic rings. The number of carbonyl (C=O) groups excluding carboxylic acids is 2. The summed E-state index contributed by atoms with van der Waals surface area (Å²) < 4.78 is 0.813. The van der Waals surface area contributed by atoms with Crippen LogP contribution in [0.4, 0.5) is 0 Å². The van der Waals surface area contributed by atoms with E-state index in [9.17, 15) is 9.59 Å². The zero-order valence-electron chi connectivity index (χ0n) is 10.2. The number of amides is 2. The molecule has 1 aliphatic carbocycles. The van der Waals surface area contributed by atoms with Gasteiger partial charge in [0.05, 0.1) is 12.6 Å². The van der Waals surface area contributed by atoms with Gasteiger partial charge in [-0.1, -0.05) is 22.0 Å². The van der Waals surface area contributed by atoms with Crippen LogP contribution in [0.25, 0.3) is 0 Å². The van der Waals surface area contributed by atoms with Crippen LogP contribution in [0.1, 0.15) is 23.2 Å². The van der Waals surface area contributed by atoms with Crippen LogP contribution in [0, 0.1) is 0 Å². The Morgan fingerprint density at radius 2 is 2.11 bits per heavy atom. The summed E-state index contributed by atoms with van der Waals surface area (Å²) in [6.07, 6.45) is 0.873. The summed E-state index contributed by atoms with van der Waals surface area (Å²) in [7, 11) is 0. The second-order valence-corrected chi connectivity index (χ2v) is 5.50. The van der Waals surface area contributed by atoms with Gasteiger partial charge >= 0.3 is 0 Å². The normalized spacial score (nSPS) is 21.4. The van der Waals surface area contributed by atoms with Crippen molar-refractivity contribution >= 4 is 27.7 Å². The molecular weight excluding hydrogens is 312 g/mol. The van der Waals surface area contributed by atoms with Crippen molar-refractivity contribution in [3.8, 4) is 0 Å². The van der Waals surface area contributed by atoms with Crippen molar-refractivity contribution in [2.24, 2.45) is 0 Å². The van der Waals surface area contributed by atoms with Gasteiger partial charge in [-0.25, -0.2) is 0 Å². The molecule has 0 unspecified atom stereocenters. The van der Waals surface area contributed by atoms with E-state index in [2.05, 4.69) is 26.6 Å². The Morgan fingerprint density at radius 3 is 2.74 bits per heavy atom. The molecule has 0 spiro atoms.